The van der Waals surface area contributed by atoms with Gasteiger partial charge in [0, 0.05) is 5.75 Å². The Bertz CT molecular complexity index is 1550. The molecule has 3 aromatic carbocycles. The van der Waals surface area contributed by atoms with E-state index in [1.54, 1.807) is 45.0 Å². The van der Waals surface area contributed by atoms with Gasteiger partial charge in [0.2, 0.25) is 5.91 Å². The molecule has 2 heterocycles. The molecule has 11 heteroatoms. The molecule has 0 bridgehead atoms. The number of thioether (sulfide) groups is 1. The standard InChI is InChI=1S/C34H34N2O8S/c1-34(2,3)44-33(41)42-25-16-14-21(15-17-25)18-26(38)35-27-30(39)36-28(24(19-37)20-45-31(27)36)32(40)43-29(22-10-6-4-7-11-22)23-12-8-5-9-13-23/h4-17,27,29,31,37H,18-20H2,1-3H3,(H,35,38)/t27-,31-/m1/s1. The fourth-order valence-electron chi connectivity index (χ4n) is 4.99. The third-order valence-electron chi connectivity index (χ3n) is 7.06. The molecule has 10 nitrogen and oxygen atoms in total. The molecular weight excluding hydrogens is 596 g/mol. The van der Waals surface area contributed by atoms with Crippen molar-refractivity contribution in [2.24, 2.45) is 0 Å². The van der Waals surface area contributed by atoms with E-state index < -0.39 is 47.8 Å². The van der Waals surface area contributed by atoms with E-state index >= 15 is 0 Å². The van der Waals surface area contributed by atoms with E-state index in [2.05, 4.69) is 5.32 Å². The van der Waals surface area contributed by atoms with Crippen LogP contribution in [0.5, 0.6) is 5.75 Å². The minimum absolute atomic E-state index is 0.00851. The summed E-state index contributed by atoms with van der Waals surface area (Å²) in [6, 6.07) is 24.1. The summed E-state index contributed by atoms with van der Waals surface area (Å²) >= 11 is 1.35. The average Bonchev–Trinajstić information content (AvgIpc) is 3.02. The predicted octanol–water partition coefficient (Wildman–Crippen LogP) is 4.52. The van der Waals surface area contributed by atoms with Gasteiger partial charge in [-0.05, 0) is 55.2 Å². The predicted molar refractivity (Wildman–Crippen MR) is 167 cm³/mol. The Morgan fingerprint density at radius 1 is 0.956 bits per heavy atom. The van der Waals surface area contributed by atoms with Crippen LogP contribution in [0.1, 0.15) is 43.6 Å². The molecular formula is C34H34N2O8S. The summed E-state index contributed by atoms with van der Waals surface area (Å²) in [7, 11) is 0. The average molecular weight is 631 g/mol. The lowest BCUT2D eigenvalue weighted by Crippen LogP contribution is -2.70. The number of rotatable bonds is 9. The van der Waals surface area contributed by atoms with E-state index in [-0.39, 0.29) is 23.8 Å². The molecule has 3 aromatic rings. The monoisotopic (exact) mass is 630 g/mol. The first-order chi connectivity index (χ1) is 21.5. The Kier molecular flexibility index (Phi) is 9.60. The number of nitrogens with zero attached hydrogens (tertiary/aromatic N) is 1. The van der Waals surface area contributed by atoms with Gasteiger partial charge in [0.15, 0.2) is 6.10 Å². The Labute approximate surface area is 265 Å². The van der Waals surface area contributed by atoms with Crippen LogP contribution in [-0.2, 0) is 30.3 Å². The van der Waals surface area contributed by atoms with Gasteiger partial charge in [0.1, 0.15) is 28.5 Å². The summed E-state index contributed by atoms with van der Waals surface area (Å²) in [5.74, 6) is -1.01. The topological polar surface area (TPSA) is 131 Å². The van der Waals surface area contributed by atoms with Crippen LogP contribution in [0, 0.1) is 0 Å². The Morgan fingerprint density at radius 2 is 1.56 bits per heavy atom. The zero-order chi connectivity index (χ0) is 32.1. The number of carbonyl (C=O) groups excluding carboxylic acids is 4. The highest BCUT2D eigenvalue weighted by molar-refractivity contribution is 8.00. The van der Waals surface area contributed by atoms with Gasteiger partial charge in [-0.15, -0.1) is 11.8 Å². The van der Waals surface area contributed by atoms with Crippen molar-refractivity contribution in [2.75, 3.05) is 12.4 Å². The second-order valence-electron chi connectivity index (χ2n) is 11.6. The van der Waals surface area contributed by atoms with E-state index in [1.807, 2.05) is 60.7 Å². The molecule has 5 rings (SSSR count). The van der Waals surface area contributed by atoms with E-state index in [0.717, 1.165) is 11.1 Å². The van der Waals surface area contributed by atoms with Crippen LogP contribution >= 0.6 is 11.8 Å². The summed E-state index contributed by atoms with van der Waals surface area (Å²) in [6.07, 6.45) is -1.58. The van der Waals surface area contributed by atoms with Crippen LogP contribution in [0.15, 0.2) is 96.2 Å². The highest BCUT2D eigenvalue weighted by Crippen LogP contribution is 2.41. The highest BCUT2D eigenvalue weighted by Gasteiger charge is 2.54. The van der Waals surface area contributed by atoms with Gasteiger partial charge in [0.25, 0.3) is 5.91 Å². The largest absolute Gasteiger partial charge is 0.514 e. The lowest BCUT2D eigenvalue weighted by Gasteiger charge is -2.49. The first kappa shape index (κ1) is 31.8. The van der Waals surface area contributed by atoms with Gasteiger partial charge in [-0.3, -0.25) is 14.5 Å². The quantitative estimate of drug-likeness (QED) is 0.199. The molecule has 2 aliphatic heterocycles. The molecule has 45 heavy (non-hydrogen) atoms. The second kappa shape index (κ2) is 13.6. The van der Waals surface area contributed by atoms with Gasteiger partial charge in [0.05, 0.1) is 13.0 Å². The molecule has 0 unspecified atom stereocenters. The van der Waals surface area contributed by atoms with Crippen LogP contribution < -0.4 is 10.1 Å². The molecule has 0 saturated carbocycles. The Hall–Kier alpha value is -4.61. The van der Waals surface area contributed by atoms with Gasteiger partial charge in [-0.1, -0.05) is 72.8 Å². The molecule has 2 atom stereocenters. The number of benzene rings is 3. The van der Waals surface area contributed by atoms with Crippen LogP contribution in [0.25, 0.3) is 0 Å². The number of fused-ring (bicyclic) bond motifs is 1. The first-order valence-corrected chi connectivity index (χ1v) is 15.5. The molecule has 1 saturated heterocycles. The fourth-order valence-corrected chi connectivity index (χ4v) is 6.33. The summed E-state index contributed by atoms with van der Waals surface area (Å²) in [4.78, 5) is 53.1. The van der Waals surface area contributed by atoms with Crippen molar-refractivity contribution in [1.82, 2.24) is 10.2 Å². The number of aliphatic hydroxyl groups excluding tert-OH is 1. The number of β-lactam (4-membered cyclic amide) rings is 1. The molecule has 2 aliphatic rings. The number of esters is 1. The van der Waals surface area contributed by atoms with Gasteiger partial charge >= 0.3 is 12.1 Å². The molecule has 0 spiro atoms. The lowest BCUT2D eigenvalue weighted by molar-refractivity contribution is -0.154. The minimum atomic E-state index is -0.848. The van der Waals surface area contributed by atoms with Gasteiger partial charge in [-0.25, -0.2) is 9.59 Å². The Balaban J connectivity index is 1.24. The fraction of sp³-hybridized carbons (Fsp3) is 0.294. The third-order valence-corrected chi connectivity index (χ3v) is 8.40. The van der Waals surface area contributed by atoms with Crippen molar-refractivity contribution in [3.63, 3.8) is 0 Å². The van der Waals surface area contributed by atoms with Gasteiger partial charge < -0.3 is 24.6 Å². The van der Waals surface area contributed by atoms with Crippen molar-refractivity contribution in [3.8, 4) is 5.75 Å². The van der Waals surface area contributed by atoms with Crippen molar-refractivity contribution in [2.45, 2.75) is 50.3 Å². The van der Waals surface area contributed by atoms with Gasteiger partial charge in [-0.2, -0.15) is 0 Å². The maximum absolute atomic E-state index is 13.7. The summed E-state index contributed by atoms with van der Waals surface area (Å²) in [5, 5.41) is 12.3. The number of amides is 2. The van der Waals surface area contributed by atoms with Crippen molar-refractivity contribution >= 4 is 35.7 Å². The van der Waals surface area contributed by atoms with Crippen LogP contribution in [0.3, 0.4) is 0 Å². The second-order valence-corrected chi connectivity index (χ2v) is 12.7. The number of ether oxygens (including phenoxy) is 3. The van der Waals surface area contributed by atoms with Crippen molar-refractivity contribution in [1.29, 1.82) is 0 Å². The SMILES string of the molecule is CC(C)(C)OC(=O)Oc1ccc(CC(=O)N[C@@H]2C(=O)N3C(C(=O)OC(c4ccccc4)c4ccccc4)=C(CO)CS[C@H]23)cc1. The molecule has 0 aliphatic carbocycles. The number of carbonyl (C=O) groups is 4. The normalized spacial score (nSPS) is 17.7. The zero-order valence-corrected chi connectivity index (χ0v) is 25.9. The Morgan fingerprint density at radius 3 is 2.11 bits per heavy atom. The number of hydrogen-bond donors (Lipinski definition) is 2. The number of nitrogens with one attached hydrogen (secondary N) is 1. The summed E-state index contributed by atoms with van der Waals surface area (Å²) in [6.45, 7) is 4.78. The number of aliphatic hydroxyl groups is 1. The summed E-state index contributed by atoms with van der Waals surface area (Å²) in [5.41, 5.74) is 1.86. The first-order valence-electron chi connectivity index (χ1n) is 14.4. The highest BCUT2D eigenvalue weighted by atomic mass is 32.2. The van der Waals surface area contributed by atoms with Crippen LogP contribution in [0.4, 0.5) is 4.79 Å². The molecule has 1 fully saturated rings. The molecule has 2 amide bonds. The maximum atomic E-state index is 13.7. The molecule has 234 valence electrons. The van der Waals surface area contributed by atoms with Crippen molar-refractivity contribution in [3.05, 3.63) is 113 Å². The molecule has 2 N–H and O–H groups in total. The zero-order valence-electron chi connectivity index (χ0n) is 25.1. The van der Waals surface area contributed by atoms with Crippen LogP contribution in [0.2, 0.25) is 0 Å². The van der Waals surface area contributed by atoms with E-state index in [1.165, 1.54) is 16.7 Å². The van der Waals surface area contributed by atoms with Crippen molar-refractivity contribution < 1.29 is 38.5 Å². The molecule has 0 radical (unpaired) electrons. The smallest absolute Gasteiger partial charge is 0.448 e. The van der Waals surface area contributed by atoms with Crippen LogP contribution in [-0.4, -0.2) is 63.3 Å². The minimum Gasteiger partial charge on any atom is -0.448 e. The maximum Gasteiger partial charge on any atom is 0.514 e. The lowest BCUT2D eigenvalue weighted by atomic mass is 10.0. The van der Waals surface area contributed by atoms with E-state index in [4.69, 9.17) is 14.2 Å². The third kappa shape index (κ3) is 7.55. The number of hydrogen-bond acceptors (Lipinski definition) is 9. The molecule has 0 aromatic heterocycles. The van der Waals surface area contributed by atoms with E-state index in [9.17, 15) is 24.3 Å². The summed E-state index contributed by atoms with van der Waals surface area (Å²) < 4.78 is 16.3. The van der Waals surface area contributed by atoms with E-state index in [0.29, 0.717) is 16.9 Å².